The van der Waals surface area contributed by atoms with Crippen LogP contribution in [-0.4, -0.2) is 26.9 Å². The van der Waals surface area contributed by atoms with E-state index in [-0.39, 0.29) is 12.4 Å². The van der Waals surface area contributed by atoms with E-state index in [1.807, 2.05) is 32.0 Å². The first-order valence-corrected chi connectivity index (χ1v) is 9.08. The van der Waals surface area contributed by atoms with Crippen LogP contribution < -0.4 is 15.0 Å². The lowest BCUT2D eigenvalue weighted by Gasteiger charge is -2.03. The number of thioether (sulfide) groups is 1. The number of aryl methyl sites for hydroxylation is 1. The number of ether oxygens (including phenoxy) is 2. The van der Waals surface area contributed by atoms with E-state index in [1.165, 1.54) is 11.8 Å². The number of nitrogens with one attached hydrogen (secondary N) is 1. The summed E-state index contributed by atoms with van der Waals surface area (Å²) in [5, 5.41) is 4.53. The summed E-state index contributed by atoms with van der Waals surface area (Å²) in [7, 11) is 0. The fraction of sp³-hybridized carbons (Fsp3) is 0.294. The van der Waals surface area contributed by atoms with Gasteiger partial charge in [0.25, 0.3) is 5.56 Å². The van der Waals surface area contributed by atoms with Gasteiger partial charge in [0.05, 0.1) is 5.75 Å². The van der Waals surface area contributed by atoms with Gasteiger partial charge in [-0.15, -0.1) is 0 Å². The van der Waals surface area contributed by atoms with Gasteiger partial charge in [-0.2, -0.15) is 4.98 Å². The number of hydrogen-bond acceptors (Lipinski definition) is 8. The van der Waals surface area contributed by atoms with Crippen LogP contribution in [0.5, 0.6) is 11.5 Å². The lowest BCUT2D eigenvalue weighted by atomic mass is 10.2. The topological polar surface area (TPSA) is 103 Å². The van der Waals surface area contributed by atoms with Crippen LogP contribution in [0.1, 0.15) is 24.1 Å². The number of H-pyrrole nitrogens is 1. The standard InChI is InChI=1S/C17H16N4O4S/c1-3-11-9(2)18-17(20-16(11)22)26-7-14-19-15(21-25-14)10-4-5-12-13(6-10)24-8-23-12/h4-6H,3,7-8H2,1-2H3,(H,18,20,22). The maximum Gasteiger partial charge on any atom is 0.254 e. The van der Waals surface area contributed by atoms with Gasteiger partial charge in [0.15, 0.2) is 16.7 Å². The molecule has 0 amide bonds. The Morgan fingerprint density at radius 3 is 2.88 bits per heavy atom. The smallest absolute Gasteiger partial charge is 0.254 e. The maximum atomic E-state index is 12.0. The lowest BCUT2D eigenvalue weighted by molar-refractivity contribution is 0.174. The van der Waals surface area contributed by atoms with Gasteiger partial charge < -0.3 is 19.0 Å². The Labute approximate surface area is 153 Å². The van der Waals surface area contributed by atoms with Crippen LogP contribution in [0, 0.1) is 6.92 Å². The van der Waals surface area contributed by atoms with Crippen molar-refractivity contribution < 1.29 is 14.0 Å². The summed E-state index contributed by atoms with van der Waals surface area (Å²) in [6.07, 6.45) is 0.654. The molecule has 0 saturated carbocycles. The van der Waals surface area contributed by atoms with Gasteiger partial charge in [-0.25, -0.2) is 4.98 Å². The van der Waals surface area contributed by atoms with Crippen molar-refractivity contribution in [1.82, 2.24) is 20.1 Å². The van der Waals surface area contributed by atoms with E-state index in [9.17, 15) is 4.79 Å². The summed E-state index contributed by atoms with van der Waals surface area (Å²) in [6, 6.07) is 5.48. The molecule has 0 saturated heterocycles. The van der Waals surface area contributed by atoms with Crippen molar-refractivity contribution in [1.29, 1.82) is 0 Å². The zero-order valence-corrected chi connectivity index (χ0v) is 15.1. The third-order valence-corrected chi connectivity index (χ3v) is 4.84. The van der Waals surface area contributed by atoms with Crippen LogP contribution >= 0.6 is 11.8 Å². The van der Waals surface area contributed by atoms with Crippen molar-refractivity contribution in [3.05, 3.63) is 45.7 Å². The number of nitrogens with zero attached hydrogens (tertiary/aromatic N) is 3. The van der Waals surface area contributed by atoms with E-state index in [1.54, 1.807) is 0 Å². The van der Waals surface area contributed by atoms with Gasteiger partial charge in [0.2, 0.25) is 18.5 Å². The van der Waals surface area contributed by atoms with E-state index >= 15 is 0 Å². The number of aromatic amines is 1. The molecule has 3 aromatic rings. The predicted octanol–water partition coefficient (Wildman–Crippen LogP) is 2.71. The molecular formula is C17H16N4O4S. The van der Waals surface area contributed by atoms with Crippen LogP contribution in [0.2, 0.25) is 0 Å². The van der Waals surface area contributed by atoms with Crippen LogP contribution in [0.25, 0.3) is 11.4 Å². The molecule has 1 aromatic carbocycles. The second-order valence-corrected chi connectivity index (χ2v) is 6.62. The Morgan fingerprint density at radius 2 is 2.08 bits per heavy atom. The minimum atomic E-state index is -0.103. The lowest BCUT2D eigenvalue weighted by Crippen LogP contribution is -2.16. The van der Waals surface area contributed by atoms with Crippen molar-refractivity contribution in [2.45, 2.75) is 31.2 Å². The fourth-order valence-electron chi connectivity index (χ4n) is 2.67. The fourth-order valence-corrected chi connectivity index (χ4v) is 3.41. The molecule has 0 radical (unpaired) electrons. The number of fused-ring (bicyclic) bond motifs is 1. The molecule has 2 aromatic heterocycles. The SMILES string of the molecule is CCc1c(C)nc(SCc2nc(-c3ccc4c(c3)OCO4)no2)[nH]c1=O. The Kier molecular flexibility index (Phi) is 4.37. The Morgan fingerprint density at radius 1 is 1.23 bits per heavy atom. The number of aromatic nitrogens is 4. The molecule has 0 spiro atoms. The minimum Gasteiger partial charge on any atom is -0.454 e. The van der Waals surface area contributed by atoms with E-state index in [2.05, 4.69) is 20.1 Å². The van der Waals surface area contributed by atoms with Crippen molar-refractivity contribution >= 4 is 11.8 Å². The average molecular weight is 372 g/mol. The molecule has 26 heavy (non-hydrogen) atoms. The van der Waals surface area contributed by atoms with Crippen molar-refractivity contribution in [3.63, 3.8) is 0 Å². The molecule has 134 valence electrons. The molecule has 1 aliphatic rings. The summed E-state index contributed by atoms with van der Waals surface area (Å²) in [5.74, 6) is 2.69. The second kappa shape index (κ2) is 6.83. The molecule has 0 bridgehead atoms. The Hall–Kier alpha value is -2.81. The molecule has 4 rings (SSSR count). The second-order valence-electron chi connectivity index (χ2n) is 5.66. The molecule has 1 N–H and O–H groups in total. The first-order valence-electron chi connectivity index (χ1n) is 8.09. The van der Waals surface area contributed by atoms with Gasteiger partial charge in [-0.3, -0.25) is 4.79 Å². The molecule has 0 fully saturated rings. The molecule has 0 atom stereocenters. The van der Waals surface area contributed by atoms with Gasteiger partial charge in [0.1, 0.15) is 0 Å². The third-order valence-electron chi connectivity index (χ3n) is 3.99. The molecule has 0 unspecified atom stereocenters. The van der Waals surface area contributed by atoms with Gasteiger partial charge in [-0.1, -0.05) is 23.8 Å². The van der Waals surface area contributed by atoms with Crippen molar-refractivity contribution in [2.24, 2.45) is 0 Å². The van der Waals surface area contributed by atoms with E-state index in [4.69, 9.17) is 14.0 Å². The van der Waals surface area contributed by atoms with Gasteiger partial charge in [0, 0.05) is 16.8 Å². The molecule has 0 aliphatic carbocycles. The van der Waals surface area contributed by atoms with Gasteiger partial charge >= 0.3 is 0 Å². The monoisotopic (exact) mass is 372 g/mol. The maximum absolute atomic E-state index is 12.0. The zero-order valence-electron chi connectivity index (χ0n) is 14.2. The highest BCUT2D eigenvalue weighted by Gasteiger charge is 2.17. The molecule has 8 nitrogen and oxygen atoms in total. The van der Waals surface area contributed by atoms with Crippen molar-refractivity contribution in [2.75, 3.05) is 6.79 Å². The minimum absolute atomic E-state index is 0.103. The summed E-state index contributed by atoms with van der Waals surface area (Å²) >= 11 is 1.34. The van der Waals surface area contributed by atoms with E-state index in [0.29, 0.717) is 46.1 Å². The number of benzene rings is 1. The first-order chi connectivity index (χ1) is 12.6. The van der Waals surface area contributed by atoms with E-state index < -0.39 is 0 Å². The first kappa shape index (κ1) is 16.6. The quantitative estimate of drug-likeness (QED) is 0.539. The largest absolute Gasteiger partial charge is 0.454 e. The van der Waals surface area contributed by atoms with Crippen LogP contribution in [0.3, 0.4) is 0 Å². The van der Waals surface area contributed by atoms with Crippen LogP contribution in [0.4, 0.5) is 0 Å². The highest BCUT2D eigenvalue weighted by atomic mass is 32.2. The van der Waals surface area contributed by atoms with Crippen LogP contribution in [-0.2, 0) is 12.2 Å². The average Bonchev–Trinajstić information content (AvgIpc) is 3.28. The molecule has 3 heterocycles. The highest BCUT2D eigenvalue weighted by Crippen LogP contribution is 2.35. The molecule has 1 aliphatic heterocycles. The number of rotatable bonds is 5. The summed E-state index contributed by atoms with van der Waals surface area (Å²) in [4.78, 5) is 23.6. The molecule has 9 heteroatoms. The summed E-state index contributed by atoms with van der Waals surface area (Å²) in [5.41, 5.74) is 2.13. The number of hydrogen-bond donors (Lipinski definition) is 1. The Balaban J connectivity index is 1.48. The predicted molar refractivity (Wildman–Crippen MR) is 94.4 cm³/mol. The third kappa shape index (κ3) is 3.17. The Bertz CT molecular complexity index is 1010. The highest BCUT2D eigenvalue weighted by molar-refractivity contribution is 7.98. The molecular weight excluding hydrogens is 356 g/mol. The van der Waals surface area contributed by atoms with Gasteiger partial charge in [-0.05, 0) is 31.5 Å². The van der Waals surface area contributed by atoms with Crippen molar-refractivity contribution in [3.8, 4) is 22.9 Å². The summed E-state index contributed by atoms with van der Waals surface area (Å²) in [6.45, 7) is 3.99. The normalized spacial score (nSPS) is 12.5. The zero-order chi connectivity index (χ0) is 18.1. The van der Waals surface area contributed by atoms with E-state index in [0.717, 1.165) is 11.3 Å². The van der Waals surface area contributed by atoms with Crippen LogP contribution in [0.15, 0.2) is 32.7 Å². The summed E-state index contributed by atoms with van der Waals surface area (Å²) < 4.78 is 15.9.